The molecule has 0 bridgehead atoms. The molecule has 0 aromatic rings. The summed E-state index contributed by atoms with van der Waals surface area (Å²) in [7, 11) is 0. The van der Waals surface area contributed by atoms with Gasteiger partial charge in [0, 0.05) is 13.5 Å². The molecule has 0 aliphatic heterocycles. The van der Waals surface area contributed by atoms with Crippen LogP contribution in [0, 0.1) is 0 Å². The average Bonchev–Trinajstić information content (AvgIpc) is 1.85. The SMILES string of the molecule is CC(=O)NCCCOS(=O)[O-].[Ca+2].[H-].[H-]. The normalized spacial score (nSPS) is 11.5. The number of hydrogen-bond acceptors (Lipinski definition) is 4. The molecule has 0 heterocycles. The fourth-order valence-corrected chi connectivity index (χ4v) is 0.717. The van der Waals surface area contributed by atoms with Crippen LogP contribution in [0.25, 0.3) is 0 Å². The summed E-state index contributed by atoms with van der Waals surface area (Å²) in [4.78, 5) is 10.3. The third-order valence-corrected chi connectivity index (χ3v) is 1.23. The van der Waals surface area contributed by atoms with Crippen LogP contribution >= 0.6 is 0 Å². The van der Waals surface area contributed by atoms with Crippen LogP contribution in [0.5, 0.6) is 0 Å². The van der Waals surface area contributed by atoms with Crippen LogP contribution in [0.2, 0.25) is 0 Å². The van der Waals surface area contributed by atoms with E-state index in [1.807, 2.05) is 0 Å². The van der Waals surface area contributed by atoms with E-state index in [-0.39, 0.29) is 53.1 Å². The minimum atomic E-state index is -2.44. The van der Waals surface area contributed by atoms with Crippen molar-refractivity contribution >= 4 is 55.0 Å². The number of carbonyl (C=O) groups is 1. The van der Waals surface area contributed by atoms with Gasteiger partial charge in [-0.05, 0) is 6.42 Å². The summed E-state index contributed by atoms with van der Waals surface area (Å²) in [5, 5.41) is 2.50. The molecule has 70 valence electrons. The maximum Gasteiger partial charge on any atom is 2.00 e. The third kappa shape index (κ3) is 13.4. The van der Waals surface area contributed by atoms with Crippen LogP contribution in [0.3, 0.4) is 0 Å². The van der Waals surface area contributed by atoms with E-state index in [4.69, 9.17) is 0 Å². The average molecular weight is 222 g/mol. The van der Waals surface area contributed by atoms with Crippen LogP contribution in [-0.2, 0) is 20.3 Å². The molecule has 0 fully saturated rings. The van der Waals surface area contributed by atoms with Crippen molar-refractivity contribution in [2.75, 3.05) is 13.2 Å². The van der Waals surface area contributed by atoms with Gasteiger partial charge in [-0.1, -0.05) is 0 Å². The summed E-state index contributed by atoms with van der Waals surface area (Å²) in [6.45, 7) is 1.94. The molecule has 7 heteroatoms. The molecule has 0 aliphatic rings. The number of amides is 1. The van der Waals surface area contributed by atoms with Crippen molar-refractivity contribution < 1.29 is 20.6 Å². The smallest absolute Gasteiger partial charge is 1.00 e. The van der Waals surface area contributed by atoms with E-state index in [0.717, 1.165) is 0 Å². The Morgan fingerprint density at radius 1 is 1.75 bits per heavy atom. The van der Waals surface area contributed by atoms with Crippen molar-refractivity contribution in [3.63, 3.8) is 0 Å². The Kier molecular flexibility index (Phi) is 12.6. The zero-order chi connectivity index (χ0) is 8.69. The second-order valence-electron chi connectivity index (χ2n) is 1.86. The second kappa shape index (κ2) is 9.88. The molecule has 0 saturated heterocycles. The third-order valence-electron chi connectivity index (χ3n) is 0.875. The Balaban J connectivity index is -0.000000167. The summed E-state index contributed by atoms with van der Waals surface area (Å²) in [6, 6.07) is 0. The summed E-state index contributed by atoms with van der Waals surface area (Å²) < 4.78 is 23.8. The van der Waals surface area contributed by atoms with E-state index in [0.29, 0.717) is 13.0 Å². The second-order valence-corrected chi connectivity index (χ2v) is 2.51. The predicted molar refractivity (Wildman–Crippen MR) is 46.2 cm³/mol. The number of carbonyl (C=O) groups excluding carboxylic acids is 1. The standard InChI is InChI=1S/C5H11NO4S.Ca.2H/c1-5(7)6-3-2-4-10-11(8)9;;;/h2-4H2,1H3,(H,6,7)(H,8,9);;;/q;+2;2*-1/p-1. The summed E-state index contributed by atoms with van der Waals surface area (Å²) in [5.41, 5.74) is 0. The molecule has 12 heavy (non-hydrogen) atoms. The Hall–Kier alpha value is 0.800. The molecule has 0 rings (SSSR count). The zero-order valence-corrected chi connectivity index (χ0v) is 9.89. The molecule has 1 atom stereocenters. The molecule has 0 radical (unpaired) electrons. The Labute approximate surface area is 107 Å². The number of rotatable bonds is 5. The van der Waals surface area contributed by atoms with Gasteiger partial charge in [-0.2, -0.15) is 0 Å². The Morgan fingerprint density at radius 3 is 2.75 bits per heavy atom. The van der Waals surface area contributed by atoms with Crippen molar-refractivity contribution in [1.82, 2.24) is 5.32 Å². The van der Waals surface area contributed by atoms with Gasteiger partial charge >= 0.3 is 37.7 Å². The van der Waals surface area contributed by atoms with Crippen molar-refractivity contribution in [2.24, 2.45) is 0 Å². The number of nitrogens with one attached hydrogen (secondary N) is 1. The minimum absolute atomic E-state index is 0. The van der Waals surface area contributed by atoms with Gasteiger partial charge in [0.15, 0.2) is 0 Å². The Morgan fingerprint density at radius 2 is 2.33 bits per heavy atom. The molecule has 0 aromatic heterocycles. The molecule has 0 spiro atoms. The van der Waals surface area contributed by atoms with Crippen molar-refractivity contribution in [1.29, 1.82) is 0 Å². The summed E-state index contributed by atoms with van der Waals surface area (Å²) >= 11 is -2.44. The fourth-order valence-electron chi connectivity index (χ4n) is 0.464. The first-order chi connectivity index (χ1) is 5.13. The van der Waals surface area contributed by atoms with Crippen LogP contribution in [0.1, 0.15) is 16.2 Å². The van der Waals surface area contributed by atoms with E-state index in [9.17, 15) is 13.6 Å². The molecular formula is C5H12CaNO4S-. The number of hydrogen-bond donors (Lipinski definition) is 1. The molecule has 5 nitrogen and oxygen atoms in total. The fraction of sp³-hybridized carbons (Fsp3) is 0.800. The van der Waals surface area contributed by atoms with E-state index in [1.165, 1.54) is 6.92 Å². The van der Waals surface area contributed by atoms with Crippen molar-refractivity contribution in [3.8, 4) is 0 Å². The summed E-state index contributed by atoms with van der Waals surface area (Å²) in [6.07, 6.45) is 0.494. The van der Waals surface area contributed by atoms with Gasteiger partial charge in [-0.25, -0.2) is 4.21 Å². The molecule has 0 saturated carbocycles. The topological polar surface area (TPSA) is 78.5 Å². The van der Waals surface area contributed by atoms with Gasteiger partial charge in [-0.3, -0.25) is 4.79 Å². The van der Waals surface area contributed by atoms with Crippen molar-refractivity contribution in [3.05, 3.63) is 0 Å². The largest absolute Gasteiger partial charge is 2.00 e. The molecule has 0 aliphatic carbocycles. The van der Waals surface area contributed by atoms with Gasteiger partial charge in [0.2, 0.25) is 5.91 Å². The van der Waals surface area contributed by atoms with Gasteiger partial charge in [0.05, 0.1) is 18.0 Å². The molecular weight excluding hydrogens is 210 g/mol. The predicted octanol–water partition coefficient (Wildman–Crippen LogP) is -0.833. The van der Waals surface area contributed by atoms with Gasteiger partial charge in [-0.15, -0.1) is 0 Å². The first-order valence-electron chi connectivity index (χ1n) is 3.10. The quantitative estimate of drug-likeness (QED) is 0.374. The zero-order valence-electron chi connectivity index (χ0n) is 8.87. The van der Waals surface area contributed by atoms with Gasteiger partial charge < -0.3 is 16.9 Å². The van der Waals surface area contributed by atoms with E-state index < -0.39 is 11.4 Å². The molecule has 1 N–H and O–H groups in total. The van der Waals surface area contributed by atoms with Crippen molar-refractivity contribution in [2.45, 2.75) is 13.3 Å². The molecule has 1 unspecified atom stereocenters. The van der Waals surface area contributed by atoms with Crippen LogP contribution in [0.4, 0.5) is 0 Å². The monoisotopic (exact) mass is 222 g/mol. The Bertz CT molecular complexity index is 147. The van der Waals surface area contributed by atoms with Crippen LogP contribution in [-0.4, -0.2) is 65.6 Å². The van der Waals surface area contributed by atoms with E-state index >= 15 is 0 Å². The van der Waals surface area contributed by atoms with Crippen LogP contribution < -0.4 is 5.32 Å². The first kappa shape index (κ1) is 15.3. The van der Waals surface area contributed by atoms with E-state index in [2.05, 4.69) is 9.50 Å². The molecule has 1 amide bonds. The maximum atomic E-state index is 10.3. The maximum absolute atomic E-state index is 10.3. The van der Waals surface area contributed by atoms with E-state index in [1.54, 1.807) is 0 Å². The van der Waals surface area contributed by atoms with Crippen LogP contribution in [0.15, 0.2) is 0 Å². The summed E-state index contributed by atoms with van der Waals surface area (Å²) in [5.74, 6) is -0.131. The minimum Gasteiger partial charge on any atom is -1.00 e. The van der Waals surface area contributed by atoms with Gasteiger partial charge in [0.1, 0.15) is 0 Å². The molecule has 0 aromatic carbocycles. The first-order valence-corrected chi connectivity index (χ1v) is 4.10. The van der Waals surface area contributed by atoms with Gasteiger partial charge in [0.25, 0.3) is 0 Å².